The number of benzene rings is 2. The maximum Gasteiger partial charge on any atom is 0.338 e. The van der Waals surface area contributed by atoms with E-state index < -0.39 is 29.6 Å². The predicted molar refractivity (Wildman–Crippen MR) is 153 cm³/mol. The Morgan fingerprint density at radius 1 is 1.00 bits per heavy atom. The minimum atomic E-state index is -0.824. The predicted octanol–water partition coefficient (Wildman–Crippen LogP) is 5.24. The summed E-state index contributed by atoms with van der Waals surface area (Å²) >= 11 is 12.0. The molecular weight excluding hydrogens is 539 g/mol. The van der Waals surface area contributed by atoms with Gasteiger partial charge in [-0.05, 0) is 48.9 Å². The van der Waals surface area contributed by atoms with Crippen LogP contribution in [0.15, 0.2) is 54.6 Å². The lowest BCUT2D eigenvalue weighted by atomic mass is 9.91. The lowest BCUT2D eigenvalue weighted by molar-refractivity contribution is -0.154. The Balaban J connectivity index is 1.57. The van der Waals surface area contributed by atoms with Gasteiger partial charge in [0.25, 0.3) is 0 Å². The van der Waals surface area contributed by atoms with Crippen LogP contribution < -0.4 is 5.73 Å². The first kappa shape index (κ1) is 30.9. The maximum absolute atomic E-state index is 13.2. The zero-order chi connectivity index (χ0) is 28.3. The molecule has 0 spiro atoms. The number of carbonyl (C=O) groups is 3. The summed E-state index contributed by atoms with van der Waals surface area (Å²) in [6.45, 7) is 2.66. The first-order valence-electron chi connectivity index (χ1n) is 13.5. The molecule has 1 aliphatic rings. The number of hydrogen-bond donors (Lipinski definition) is 1. The van der Waals surface area contributed by atoms with Gasteiger partial charge in [0.2, 0.25) is 5.91 Å². The van der Waals surface area contributed by atoms with Gasteiger partial charge in [-0.25, -0.2) is 9.59 Å². The van der Waals surface area contributed by atoms with Gasteiger partial charge in [0, 0.05) is 31.1 Å². The van der Waals surface area contributed by atoms with Crippen molar-refractivity contribution < 1.29 is 23.9 Å². The van der Waals surface area contributed by atoms with Crippen molar-refractivity contribution in [3.63, 3.8) is 0 Å². The van der Waals surface area contributed by atoms with Gasteiger partial charge in [0.15, 0.2) is 0 Å². The standard InChI is InChI=1S/C30H38Cl2N2O5/c1-2-14-30(15-17-31,16-18-32)39-28(36)24-12-10-22(11-13-24)20-25(33)27(35)34-19-6-9-26(34)29(37)38-21-23-7-4-3-5-8-23/h3-5,7-8,10-13,25-26H,2,6,9,14-21,33H2,1H3/t25-,26-/m0/s1. The number of hydrogen-bond acceptors (Lipinski definition) is 6. The summed E-state index contributed by atoms with van der Waals surface area (Å²) in [4.78, 5) is 40.3. The van der Waals surface area contributed by atoms with Gasteiger partial charge < -0.3 is 20.1 Å². The molecule has 0 radical (unpaired) electrons. The molecule has 2 aromatic carbocycles. The summed E-state index contributed by atoms with van der Waals surface area (Å²) in [6, 6.07) is 14.8. The molecule has 212 valence electrons. The molecule has 2 N–H and O–H groups in total. The average Bonchev–Trinajstić information content (AvgIpc) is 3.43. The van der Waals surface area contributed by atoms with E-state index in [1.54, 1.807) is 24.3 Å². The number of ether oxygens (including phenoxy) is 2. The summed E-state index contributed by atoms with van der Waals surface area (Å²) in [5.41, 5.74) is 7.69. The van der Waals surface area contributed by atoms with E-state index in [0.29, 0.717) is 56.0 Å². The molecule has 0 saturated carbocycles. The van der Waals surface area contributed by atoms with E-state index in [4.69, 9.17) is 38.4 Å². The number of amides is 1. The second-order valence-corrected chi connectivity index (χ2v) is 10.7. The Morgan fingerprint density at radius 3 is 2.28 bits per heavy atom. The molecule has 1 aliphatic heterocycles. The molecule has 2 aromatic rings. The molecule has 1 saturated heterocycles. The van der Waals surface area contributed by atoms with Crippen molar-refractivity contribution in [1.29, 1.82) is 0 Å². The minimum Gasteiger partial charge on any atom is -0.459 e. The highest BCUT2D eigenvalue weighted by atomic mass is 35.5. The van der Waals surface area contributed by atoms with E-state index in [2.05, 4.69) is 0 Å². The van der Waals surface area contributed by atoms with Gasteiger partial charge in [-0.3, -0.25) is 4.79 Å². The zero-order valence-electron chi connectivity index (χ0n) is 22.5. The molecule has 1 fully saturated rings. The van der Waals surface area contributed by atoms with E-state index in [-0.39, 0.29) is 18.9 Å². The fourth-order valence-electron chi connectivity index (χ4n) is 5.02. The van der Waals surface area contributed by atoms with Crippen molar-refractivity contribution in [2.45, 2.75) is 76.2 Å². The van der Waals surface area contributed by atoms with E-state index in [0.717, 1.165) is 17.5 Å². The lowest BCUT2D eigenvalue weighted by Crippen LogP contribution is -2.49. The number of alkyl halides is 2. The Labute approximate surface area is 240 Å². The van der Waals surface area contributed by atoms with Crippen LogP contribution in [0.4, 0.5) is 0 Å². The van der Waals surface area contributed by atoms with Crippen molar-refractivity contribution in [3.05, 3.63) is 71.3 Å². The summed E-state index contributed by atoms with van der Waals surface area (Å²) < 4.78 is 11.4. The van der Waals surface area contributed by atoms with Gasteiger partial charge in [-0.2, -0.15) is 0 Å². The van der Waals surface area contributed by atoms with E-state index in [1.165, 1.54) is 4.90 Å². The Morgan fingerprint density at radius 2 is 1.67 bits per heavy atom. The SMILES string of the molecule is CCCC(CCCl)(CCCl)OC(=O)c1ccc(C[C@H](N)C(=O)N2CCC[C@H]2C(=O)OCc2ccccc2)cc1. The fourth-order valence-corrected chi connectivity index (χ4v) is 5.70. The second kappa shape index (κ2) is 15.2. The molecule has 0 bridgehead atoms. The summed E-state index contributed by atoms with van der Waals surface area (Å²) in [5, 5.41) is 0. The molecule has 3 rings (SSSR count). The zero-order valence-corrected chi connectivity index (χ0v) is 24.0. The molecule has 0 unspecified atom stereocenters. The second-order valence-electron chi connectivity index (χ2n) is 9.99. The first-order chi connectivity index (χ1) is 18.8. The first-order valence-corrected chi connectivity index (χ1v) is 14.6. The third-order valence-electron chi connectivity index (χ3n) is 7.11. The highest BCUT2D eigenvalue weighted by Crippen LogP contribution is 2.29. The number of halogens is 2. The lowest BCUT2D eigenvalue weighted by Gasteiger charge is -2.32. The molecular formula is C30H38Cl2N2O5. The molecule has 9 heteroatoms. The van der Waals surface area contributed by atoms with E-state index in [9.17, 15) is 14.4 Å². The van der Waals surface area contributed by atoms with Gasteiger partial charge in [0.1, 0.15) is 18.2 Å². The van der Waals surface area contributed by atoms with Crippen LogP contribution in [0.3, 0.4) is 0 Å². The number of rotatable bonds is 14. The number of esters is 2. The highest BCUT2D eigenvalue weighted by Gasteiger charge is 2.37. The van der Waals surface area contributed by atoms with Crippen molar-refractivity contribution in [2.24, 2.45) is 5.73 Å². The van der Waals surface area contributed by atoms with Crippen molar-refractivity contribution in [3.8, 4) is 0 Å². The quantitative estimate of drug-likeness (QED) is 0.244. The number of nitrogens with zero attached hydrogens (tertiary/aromatic N) is 1. The summed E-state index contributed by atoms with van der Waals surface area (Å²) in [7, 11) is 0. The monoisotopic (exact) mass is 576 g/mol. The van der Waals surface area contributed by atoms with Crippen LogP contribution in [0, 0.1) is 0 Å². The van der Waals surface area contributed by atoms with Gasteiger partial charge in [-0.1, -0.05) is 55.8 Å². The van der Waals surface area contributed by atoms with Crippen LogP contribution in [0.1, 0.15) is 66.9 Å². The minimum absolute atomic E-state index is 0.163. The normalized spacial score (nSPS) is 16.1. The highest BCUT2D eigenvalue weighted by molar-refractivity contribution is 6.18. The van der Waals surface area contributed by atoms with Gasteiger partial charge in [0.05, 0.1) is 11.6 Å². The largest absolute Gasteiger partial charge is 0.459 e. The van der Waals surface area contributed by atoms with Crippen molar-refractivity contribution in [1.82, 2.24) is 4.90 Å². The van der Waals surface area contributed by atoms with Gasteiger partial charge >= 0.3 is 11.9 Å². The molecule has 0 aromatic heterocycles. The molecule has 7 nitrogen and oxygen atoms in total. The van der Waals surface area contributed by atoms with Gasteiger partial charge in [-0.15, -0.1) is 23.2 Å². The van der Waals surface area contributed by atoms with Crippen LogP contribution >= 0.6 is 23.2 Å². The van der Waals surface area contributed by atoms with Crippen molar-refractivity contribution >= 4 is 41.0 Å². The van der Waals surface area contributed by atoms with Crippen LogP contribution in [0.2, 0.25) is 0 Å². The smallest absolute Gasteiger partial charge is 0.338 e. The maximum atomic E-state index is 13.2. The molecule has 0 aliphatic carbocycles. The topological polar surface area (TPSA) is 98.9 Å². The Kier molecular flexibility index (Phi) is 12.1. The Bertz CT molecular complexity index is 1060. The van der Waals surface area contributed by atoms with Crippen LogP contribution in [-0.2, 0) is 32.1 Å². The molecule has 2 atom stereocenters. The number of carbonyl (C=O) groups excluding carboxylic acids is 3. The van der Waals surface area contributed by atoms with E-state index >= 15 is 0 Å². The van der Waals surface area contributed by atoms with Crippen LogP contribution in [0.5, 0.6) is 0 Å². The Hall–Kier alpha value is -2.61. The molecule has 1 amide bonds. The number of likely N-dealkylation sites (tertiary alicyclic amines) is 1. The fraction of sp³-hybridized carbons (Fsp3) is 0.500. The summed E-state index contributed by atoms with van der Waals surface area (Å²) in [5.74, 6) is -0.388. The van der Waals surface area contributed by atoms with Crippen molar-refractivity contribution in [2.75, 3.05) is 18.3 Å². The third-order valence-corrected chi connectivity index (χ3v) is 7.49. The molecule has 1 heterocycles. The third kappa shape index (κ3) is 8.69. The van der Waals surface area contributed by atoms with Crippen LogP contribution in [-0.4, -0.2) is 58.7 Å². The van der Waals surface area contributed by atoms with Crippen LogP contribution in [0.25, 0.3) is 0 Å². The average molecular weight is 578 g/mol. The number of nitrogens with two attached hydrogens (primary N) is 1. The molecule has 39 heavy (non-hydrogen) atoms. The summed E-state index contributed by atoms with van der Waals surface area (Å²) in [6.07, 6.45) is 4.14. The van der Waals surface area contributed by atoms with E-state index in [1.807, 2.05) is 37.3 Å².